The molecule has 1 heterocycles. The molecule has 0 saturated carbocycles. The molecule has 0 amide bonds. The van der Waals surface area contributed by atoms with E-state index in [1.54, 1.807) is 0 Å². The summed E-state index contributed by atoms with van der Waals surface area (Å²) < 4.78 is 0.998. The van der Waals surface area contributed by atoms with Gasteiger partial charge in [-0.3, -0.25) is 5.10 Å². The number of aromatic nitrogens is 2. The highest BCUT2D eigenvalue weighted by atomic mass is 79.9. The molecular formula is C10H8BrClN2. The Balaban J connectivity index is 2.55. The van der Waals surface area contributed by atoms with Crippen LogP contribution < -0.4 is 0 Å². The van der Waals surface area contributed by atoms with Crippen LogP contribution in [0.15, 0.2) is 28.7 Å². The minimum absolute atomic E-state index is 0.708. The van der Waals surface area contributed by atoms with E-state index in [-0.39, 0.29) is 0 Å². The summed E-state index contributed by atoms with van der Waals surface area (Å²) in [6.07, 6.45) is 0. The average molecular weight is 272 g/mol. The summed E-state index contributed by atoms with van der Waals surface area (Å²) in [4.78, 5) is 0. The van der Waals surface area contributed by atoms with Crippen molar-refractivity contribution >= 4 is 27.5 Å². The second-order valence-electron chi connectivity index (χ2n) is 3.06. The highest BCUT2D eigenvalue weighted by Crippen LogP contribution is 2.29. The fourth-order valence-corrected chi connectivity index (χ4v) is 1.83. The zero-order chi connectivity index (χ0) is 10.1. The summed E-state index contributed by atoms with van der Waals surface area (Å²) in [5.41, 5.74) is 2.83. The molecule has 0 atom stereocenters. The molecule has 1 aromatic carbocycles. The van der Waals surface area contributed by atoms with Crippen LogP contribution in [0.25, 0.3) is 11.3 Å². The van der Waals surface area contributed by atoms with Crippen LogP contribution in [0.4, 0.5) is 0 Å². The van der Waals surface area contributed by atoms with Crippen LogP contribution in [-0.4, -0.2) is 10.2 Å². The molecule has 0 aliphatic rings. The zero-order valence-electron chi connectivity index (χ0n) is 7.51. The number of hydrogen-bond donors (Lipinski definition) is 1. The van der Waals surface area contributed by atoms with Gasteiger partial charge in [-0.1, -0.05) is 27.5 Å². The van der Waals surface area contributed by atoms with Gasteiger partial charge in [-0.2, -0.15) is 5.10 Å². The van der Waals surface area contributed by atoms with E-state index >= 15 is 0 Å². The van der Waals surface area contributed by atoms with Crippen molar-refractivity contribution in [2.45, 2.75) is 6.92 Å². The average Bonchev–Trinajstić information content (AvgIpc) is 2.56. The summed E-state index contributed by atoms with van der Waals surface area (Å²) in [5, 5.41) is 7.76. The van der Waals surface area contributed by atoms with Crippen LogP contribution in [0.1, 0.15) is 5.69 Å². The summed E-state index contributed by atoms with van der Waals surface area (Å²) in [5.74, 6) is 0. The van der Waals surface area contributed by atoms with Crippen molar-refractivity contribution < 1.29 is 0 Å². The van der Waals surface area contributed by atoms with E-state index in [9.17, 15) is 0 Å². The number of nitrogens with one attached hydrogen (secondary N) is 1. The van der Waals surface area contributed by atoms with Crippen LogP contribution >= 0.6 is 27.5 Å². The van der Waals surface area contributed by atoms with E-state index in [1.165, 1.54) is 0 Å². The highest BCUT2D eigenvalue weighted by Gasteiger charge is 2.06. The van der Waals surface area contributed by atoms with E-state index in [0.717, 1.165) is 21.4 Å². The molecule has 0 aliphatic heterocycles. The number of H-pyrrole nitrogens is 1. The monoisotopic (exact) mass is 270 g/mol. The van der Waals surface area contributed by atoms with Crippen molar-refractivity contribution in [2.24, 2.45) is 0 Å². The predicted molar refractivity (Wildman–Crippen MR) is 61.5 cm³/mol. The van der Waals surface area contributed by atoms with Gasteiger partial charge < -0.3 is 0 Å². The Hall–Kier alpha value is -0.800. The second-order valence-corrected chi connectivity index (χ2v) is 4.38. The number of rotatable bonds is 1. The van der Waals surface area contributed by atoms with Gasteiger partial charge in [0.2, 0.25) is 0 Å². The van der Waals surface area contributed by atoms with Crippen molar-refractivity contribution in [3.05, 3.63) is 39.5 Å². The molecule has 0 unspecified atom stereocenters. The van der Waals surface area contributed by atoms with Crippen LogP contribution in [0, 0.1) is 6.92 Å². The van der Waals surface area contributed by atoms with Crippen LogP contribution in [0.5, 0.6) is 0 Å². The van der Waals surface area contributed by atoms with E-state index < -0.39 is 0 Å². The first-order chi connectivity index (χ1) is 6.66. The van der Waals surface area contributed by atoms with Crippen LogP contribution in [-0.2, 0) is 0 Å². The molecule has 2 rings (SSSR count). The number of nitrogens with zero attached hydrogens (tertiary/aromatic N) is 1. The normalized spacial score (nSPS) is 10.5. The Morgan fingerprint density at radius 3 is 2.79 bits per heavy atom. The highest BCUT2D eigenvalue weighted by molar-refractivity contribution is 9.10. The van der Waals surface area contributed by atoms with Gasteiger partial charge in [-0.25, -0.2) is 0 Å². The lowest BCUT2D eigenvalue weighted by Crippen LogP contribution is -1.79. The lowest BCUT2D eigenvalue weighted by Gasteiger charge is -2.00. The number of aromatic amines is 1. The summed E-state index contributed by atoms with van der Waals surface area (Å²) in [6.45, 7) is 1.96. The number of benzene rings is 1. The fourth-order valence-electron chi connectivity index (χ4n) is 1.25. The molecule has 14 heavy (non-hydrogen) atoms. The van der Waals surface area contributed by atoms with E-state index in [2.05, 4.69) is 26.1 Å². The number of aryl methyl sites for hydroxylation is 1. The van der Waals surface area contributed by atoms with Crippen molar-refractivity contribution in [3.63, 3.8) is 0 Å². The van der Waals surface area contributed by atoms with Crippen LogP contribution in [0.2, 0.25) is 5.02 Å². The molecule has 0 bridgehead atoms. The van der Waals surface area contributed by atoms with Gasteiger partial charge >= 0.3 is 0 Å². The van der Waals surface area contributed by atoms with Gasteiger partial charge in [0.15, 0.2) is 0 Å². The first-order valence-corrected chi connectivity index (χ1v) is 5.31. The lowest BCUT2D eigenvalue weighted by atomic mass is 10.1. The Morgan fingerprint density at radius 1 is 1.36 bits per heavy atom. The smallest absolute Gasteiger partial charge is 0.0938 e. The van der Waals surface area contributed by atoms with E-state index in [0.29, 0.717) is 5.02 Å². The van der Waals surface area contributed by atoms with Crippen molar-refractivity contribution in [1.82, 2.24) is 10.2 Å². The first-order valence-electron chi connectivity index (χ1n) is 4.14. The topological polar surface area (TPSA) is 28.7 Å². The number of halogens is 2. The first kappa shape index (κ1) is 9.74. The Morgan fingerprint density at radius 2 is 2.14 bits per heavy atom. The molecule has 0 radical (unpaired) electrons. The maximum atomic E-state index is 6.07. The van der Waals surface area contributed by atoms with Crippen LogP contribution in [0.3, 0.4) is 0 Å². The summed E-state index contributed by atoms with van der Waals surface area (Å²) in [6, 6.07) is 7.68. The maximum absolute atomic E-state index is 6.07. The molecule has 0 saturated heterocycles. The van der Waals surface area contributed by atoms with Crippen molar-refractivity contribution in [1.29, 1.82) is 0 Å². The minimum Gasteiger partial charge on any atom is -0.282 e. The summed E-state index contributed by atoms with van der Waals surface area (Å²) >= 11 is 9.47. The molecule has 0 fully saturated rings. The third-order valence-corrected chi connectivity index (χ3v) is 2.73. The molecule has 0 spiro atoms. The van der Waals surface area contributed by atoms with Gasteiger partial charge in [0.1, 0.15) is 0 Å². The molecule has 2 nitrogen and oxygen atoms in total. The third-order valence-electron chi connectivity index (χ3n) is 1.91. The predicted octanol–water partition coefficient (Wildman–Crippen LogP) is 3.80. The zero-order valence-corrected chi connectivity index (χ0v) is 9.85. The molecular weight excluding hydrogens is 263 g/mol. The quantitative estimate of drug-likeness (QED) is 0.839. The largest absolute Gasteiger partial charge is 0.282 e. The lowest BCUT2D eigenvalue weighted by molar-refractivity contribution is 1.05. The standard InChI is InChI=1S/C10H8BrClN2/c1-6-4-10(14-13-6)8-5-7(11)2-3-9(8)12/h2-5H,1H3,(H,13,14). The molecule has 4 heteroatoms. The van der Waals surface area contributed by atoms with Crippen molar-refractivity contribution in [3.8, 4) is 11.3 Å². The Kier molecular flexibility index (Phi) is 2.61. The van der Waals surface area contributed by atoms with Gasteiger partial charge in [-0.05, 0) is 31.2 Å². The molecule has 72 valence electrons. The summed E-state index contributed by atoms with van der Waals surface area (Å²) in [7, 11) is 0. The maximum Gasteiger partial charge on any atom is 0.0938 e. The van der Waals surface area contributed by atoms with E-state index in [4.69, 9.17) is 11.6 Å². The van der Waals surface area contributed by atoms with Gasteiger partial charge in [0.25, 0.3) is 0 Å². The third kappa shape index (κ3) is 1.83. The van der Waals surface area contributed by atoms with Gasteiger partial charge in [-0.15, -0.1) is 0 Å². The molecule has 0 aliphatic carbocycles. The molecule has 1 aromatic heterocycles. The van der Waals surface area contributed by atoms with Gasteiger partial charge in [0.05, 0.1) is 10.7 Å². The molecule has 2 aromatic rings. The fraction of sp³-hybridized carbons (Fsp3) is 0.100. The SMILES string of the molecule is Cc1cc(-c2cc(Br)ccc2Cl)n[nH]1. The minimum atomic E-state index is 0.708. The second kappa shape index (κ2) is 3.75. The van der Waals surface area contributed by atoms with E-state index in [1.807, 2.05) is 31.2 Å². The number of hydrogen-bond acceptors (Lipinski definition) is 1. The van der Waals surface area contributed by atoms with Crippen molar-refractivity contribution in [2.75, 3.05) is 0 Å². The van der Waals surface area contributed by atoms with Gasteiger partial charge in [0, 0.05) is 15.7 Å². The molecule has 1 N–H and O–H groups in total. The Labute approximate surface area is 95.4 Å². The Bertz CT molecular complexity index is 465.